The zero-order valence-corrected chi connectivity index (χ0v) is 13.1. The Bertz CT molecular complexity index is 992. The number of carbonyl (C=O) groups is 2. The Morgan fingerprint density at radius 2 is 1.67 bits per heavy atom. The Morgan fingerprint density at radius 1 is 0.958 bits per heavy atom. The average molecular weight is 317 g/mol. The fourth-order valence-corrected chi connectivity index (χ4v) is 3.06. The summed E-state index contributed by atoms with van der Waals surface area (Å²) in [6.45, 7) is 2.40. The smallest absolute Gasteiger partial charge is 0.272 e. The lowest BCUT2D eigenvalue weighted by molar-refractivity contribution is -0.137. The second kappa shape index (κ2) is 5.45. The number of imide groups is 1. The van der Waals surface area contributed by atoms with Crippen LogP contribution >= 0.6 is 0 Å². The number of para-hydroxylation sites is 1. The zero-order valence-electron chi connectivity index (χ0n) is 13.1. The van der Waals surface area contributed by atoms with Gasteiger partial charge in [0.15, 0.2) is 0 Å². The number of pyridine rings is 1. The number of benzene rings is 2. The van der Waals surface area contributed by atoms with Crippen molar-refractivity contribution in [3.8, 4) is 0 Å². The number of nitrogens with zero attached hydrogens (tertiary/aromatic N) is 3. The normalized spacial score (nSPS) is 14.1. The molecule has 0 bridgehead atoms. The molecule has 0 N–H and O–H groups in total. The Balaban J connectivity index is 1.93. The van der Waals surface area contributed by atoms with Crippen molar-refractivity contribution >= 4 is 39.3 Å². The molecule has 1 aliphatic rings. The molecule has 2 aromatic carbocycles. The van der Waals surface area contributed by atoms with Gasteiger partial charge in [0.2, 0.25) is 0 Å². The van der Waals surface area contributed by atoms with Gasteiger partial charge >= 0.3 is 0 Å². The second-order valence-corrected chi connectivity index (χ2v) is 5.56. The first-order valence-corrected chi connectivity index (χ1v) is 7.81. The van der Waals surface area contributed by atoms with Gasteiger partial charge in [-0.05, 0) is 31.2 Å². The highest BCUT2D eigenvalue weighted by Crippen LogP contribution is 2.30. The van der Waals surface area contributed by atoms with E-state index in [1.807, 2.05) is 55.5 Å². The Morgan fingerprint density at radius 3 is 2.42 bits per heavy atom. The van der Waals surface area contributed by atoms with Gasteiger partial charge in [-0.15, -0.1) is 0 Å². The van der Waals surface area contributed by atoms with Crippen molar-refractivity contribution in [2.75, 3.05) is 11.6 Å². The van der Waals surface area contributed by atoms with Gasteiger partial charge in [0.25, 0.3) is 11.8 Å². The third kappa shape index (κ3) is 2.13. The predicted molar refractivity (Wildman–Crippen MR) is 93.3 cm³/mol. The van der Waals surface area contributed by atoms with Crippen molar-refractivity contribution < 1.29 is 9.59 Å². The first-order valence-electron chi connectivity index (χ1n) is 7.81. The maximum atomic E-state index is 12.1. The van der Waals surface area contributed by atoms with E-state index in [-0.39, 0.29) is 11.8 Å². The molecule has 4 rings (SSSR count). The maximum Gasteiger partial charge on any atom is 0.272 e. The summed E-state index contributed by atoms with van der Waals surface area (Å²) in [5, 5.41) is 4.80. The summed E-state index contributed by atoms with van der Waals surface area (Å²) in [6.07, 6.45) is 2.59. The molecule has 0 atom stereocenters. The lowest BCUT2D eigenvalue weighted by Crippen LogP contribution is -2.46. The number of rotatable bonds is 3. The summed E-state index contributed by atoms with van der Waals surface area (Å²) in [7, 11) is 0. The number of carbonyl (C=O) groups excluding carboxylic acids is 2. The molecule has 2 amide bonds. The first kappa shape index (κ1) is 14.4. The molecule has 5 nitrogen and oxygen atoms in total. The van der Waals surface area contributed by atoms with Crippen LogP contribution in [0.25, 0.3) is 21.8 Å². The summed E-state index contributed by atoms with van der Waals surface area (Å²) in [5.41, 5.74) is 2.54. The number of anilines is 1. The van der Waals surface area contributed by atoms with Crippen molar-refractivity contribution in [1.29, 1.82) is 0 Å². The fraction of sp³-hybridized carbons (Fsp3) is 0.105. The van der Waals surface area contributed by atoms with Gasteiger partial charge in [0.05, 0.1) is 16.7 Å². The Hall–Kier alpha value is -3.21. The van der Waals surface area contributed by atoms with Gasteiger partial charge in [-0.25, -0.2) is 4.98 Å². The molecule has 2 heterocycles. The van der Waals surface area contributed by atoms with Crippen LogP contribution in [0.15, 0.2) is 60.7 Å². The minimum Gasteiger partial charge on any atom is -0.275 e. The number of amides is 2. The van der Waals surface area contributed by atoms with Crippen LogP contribution < -0.4 is 5.01 Å². The van der Waals surface area contributed by atoms with E-state index in [9.17, 15) is 9.59 Å². The quantitative estimate of drug-likeness (QED) is 0.550. The van der Waals surface area contributed by atoms with Gasteiger partial charge in [0, 0.05) is 29.5 Å². The van der Waals surface area contributed by atoms with E-state index in [1.165, 1.54) is 17.2 Å². The molecule has 0 radical (unpaired) electrons. The molecule has 3 aromatic rings. The standard InChI is InChI=1S/C19H15N3O2/c1-2-21(22-18(23)10-11-19(22)24)17-9-5-8-16-14(17)12-13-6-3-4-7-15(13)20-16/h3-12H,2H2,1H3. The first-order chi connectivity index (χ1) is 11.7. The zero-order chi connectivity index (χ0) is 16.7. The summed E-state index contributed by atoms with van der Waals surface area (Å²) in [6, 6.07) is 15.7. The minimum atomic E-state index is -0.326. The number of fused-ring (bicyclic) bond motifs is 2. The van der Waals surface area contributed by atoms with E-state index in [0.717, 1.165) is 27.5 Å². The molecular formula is C19H15N3O2. The molecule has 0 aliphatic carbocycles. The molecule has 0 saturated heterocycles. The molecule has 0 spiro atoms. The fourth-order valence-electron chi connectivity index (χ4n) is 3.06. The molecule has 1 aromatic heterocycles. The molecule has 1 aliphatic heterocycles. The van der Waals surface area contributed by atoms with E-state index in [2.05, 4.69) is 4.98 Å². The van der Waals surface area contributed by atoms with Crippen LogP contribution in [0.1, 0.15) is 6.92 Å². The van der Waals surface area contributed by atoms with Crippen molar-refractivity contribution in [3.63, 3.8) is 0 Å². The lowest BCUT2D eigenvalue weighted by atomic mass is 10.1. The van der Waals surface area contributed by atoms with E-state index >= 15 is 0 Å². The van der Waals surface area contributed by atoms with Gasteiger partial charge in [0.1, 0.15) is 0 Å². The monoisotopic (exact) mass is 317 g/mol. The molecule has 24 heavy (non-hydrogen) atoms. The molecule has 0 unspecified atom stereocenters. The largest absolute Gasteiger partial charge is 0.275 e. The Labute approximate surface area is 138 Å². The van der Waals surface area contributed by atoms with E-state index in [0.29, 0.717) is 6.54 Å². The third-order valence-corrected chi connectivity index (χ3v) is 4.14. The minimum absolute atomic E-state index is 0.326. The van der Waals surface area contributed by atoms with Crippen LogP contribution in [-0.2, 0) is 9.59 Å². The number of hydrogen-bond acceptors (Lipinski definition) is 4. The maximum absolute atomic E-state index is 12.1. The SMILES string of the molecule is CCN(c1cccc2nc3ccccc3cc12)N1C(=O)C=CC1=O. The van der Waals surface area contributed by atoms with Gasteiger partial charge in [-0.3, -0.25) is 14.6 Å². The number of hydrazine groups is 1. The lowest BCUT2D eigenvalue weighted by Gasteiger charge is -2.31. The van der Waals surface area contributed by atoms with Crippen LogP contribution in [0.3, 0.4) is 0 Å². The summed E-state index contributed by atoms with van der Waals surface area (Å²) < 4.78 is 0. The second-order valence-electron chi connectivity index (χ2n) is 5.56. The summed E-state index contributed by atoms with van der Waals surface area (Å²) in [5.74, 6) is -0.653. The van der Waals surface area contributed by atoms with Crippen LogP contribution in [0, 0.1) is 0 Å². The summed E-state index contributed by atoms with van der Waals surface area (Å²) in [4.78, 5) is 28.8. The van der Waals surface area contributed by atoms with E-state index < -0.39 is 0 Å². The molecule has 0 saturated carbocycles. The average Bonchev–Trinajstić information content (AvgIpc) is 2.93. The van der Waals surface area contributed by atoms with Crippen molar-refractivity contribution in [1.82, 2.24) is 9.99 Å². The third-order valence-electron chi connectivity index (χ3n) is 4.14. The molecular weight excluding hydrogens is 302 g/mol. The highest BCUT2D eigenvalue weighted by atomic mass is 16.2. The van der Waals surface area contributed by atoms with Crippen molar-refractivity contribution in [2.45, 2.75) is 6.92 Å². The molecule has 0 fully saturated rings. The topological polar surface area (TPSA) is 53.5 Å². The van der Waals surface area contributed by atoms with Crippen LogP contribution in [0.4, 0.5) is 5.69 Å². The van der Waals surface area contributed by atoms with Gasteiger partial charge in [-0.2, -0.15) is 5.01 Å². The van der Waals surface area contributed by atoms with Crippen molar-refractivity contribution in [3.05, 3.63) is 60.7 Å². The van der Waals surface area contributed by atoms with Crippen LogP contribution in [-0.4, -0.2) is 28.4 Å². The molecule has 118 valence electrons. The highest BCUT2D eigenvalue weighted by molar-refractivity contribution is 6.14. The predicted octanol–water partition coefficient (Wildman–Crippen LogP) is 3.05. The highest BCUT2D eigenvalue weighted by Gasteiger charge is 2.30. The van der Waals surface area contributed by atoms with Gasteiger partial charge < -0.3 is 0 Å². The summed E-state index contributed by atoms with van der Waals surface area (Å²) >= 11 is 0. The van der Waals surface area contributed by atoms with Gasteiger partial charge in [-0.1, -0.05) is 24.3 Å². The Kier molecular flexibility index (Phi) is 3.27. The van der Waals surface area contributed by atoms with Crippen LogP contribution in [0.2, 0.25) is 0 Å². The molecule has 5 heteroatoms. The van der Waals surface area contributed by atoms with Crippen LogP contribution in [0.5, 0.6) is 0 Å². The van der Waals surface area contributed by atoms with E-state index in [4.69, 9.17) is 0 Å². The number of aromatic nitrogens is 1. The van der Waals surface area contributed by atoms with E-state index in [1.54, 1.807) is 5.01 Å². The number of hydrogen-bond donors (Lipinski definition) is 0. The van der Waals surface area contributed by atoms with Crippen molar-refractivity contribution in [2.24, 2.45) is 0 Å².